The molecule has 1 heterocycles. The number of carbonyl (C=O) groups is 1. The summed E-state index contributed by atoms with van der Waals surface area (Å²) in [6, 6.07) is 3.70. The molecule has 0 aliphatic heterocycles. The summed E-state index contributed by atoms with van der Waals surface area (Å²) >= 11 is 0. The van der Waals surface area contributed by atoms with Crippen molar-refractivity contribution in [3.05, 3.63) is 52.6 Å². The van der Waals surface area contributed by atoms with E-state index in [-0.39, 0.29) is 11.3 Å². The van der Waals surface area contributed by atoms with Gasteiger partial charge in [0.25, 0.3) is 0 Å². The molecule has 21 heavy (non-hydrogen) atoms. The molecule has 1 aromatic carbocycles. The van der Waals surface area contributed by atoms with Gasteiger partial charge >= 0.3 is 6.18 Å². The van der Waals surface area contributed by atoms with Crippen molar-refractivity contribution >= 4 is 5.78 Å². The third-order valence-electron chi connectivity index (χ3n) is 2.97. The predicted octanol–water partition coefficient (Wildman–Crippen LogP) is 3.60. The summed E-state index contributed by atoms with van der Waals surface area (Å²) in [5.41, 5.74) is -0.918. The number of alkyl halides is 3. The third kappa shape index (κ3) is 2.96. The van der Waals surface area contributed by atoms with E-state index in [0.29, 0.717) is 24.4 Å². The van der Waals surface area contributed by atoms with Crippen molar-refractivity contribution in [2.24, 2.45) is 0 Å². The molecule has 0 N–H and O–H groups in total. The van der Waals surface area contributed by atoms with Crippen LogP contribution in [0.2, 0.25) is 0 Å². The van der Waals surface area contributed by atoms with Crippen molar-refractivity contribution in [1.29, 1.82) is 0 Å². The molecule has 0 fully saturated rings. The van der Waals surface area contributed by atoms with Gasteiger partial charge in [-0.05, 0) is 38.1 Å². The lowest BCUT2D eigenvalue weighted by Crippen LogP contribution is -2.13. The van der Waals surface area contributed by atoms with Gasteiger partial charge in [0, 0.05) is 12.1 Å². The topological polar surface area (TPSA) is 34.9 Å². The molecule has 3 nitrogen and oxygen atoms in total. The molecular weight excluding hydrogens is 288 g/mol. The summed E-state index contributed by atoms with van der Waals surface area (Å²) in [6.07, 6.45) is -4.85. The van der Waals surface area contributed by atoms with Crippen LogP contribution in [0, 0.1) is 12.7 Å². The highest BCUT2D eigenvalue weighted by atomic mass is 19.4. The van der Waals surface area contributed by atoms with Gasteiger partial charge in [-0.25, -0.2) is 4.39 Å². The van der Waals surface area contributed by atoms with Crippen molar-refractivity contribution in [2.75, 3.05) is 0 Å². The molecule has 0 spiro atoms. The second kappa shape index (κ2) is 5.31. The van der Waals surface area contributed by atoms with Crippen molar-refractivity contribution in [2.45, 2.75) is 26.6 Å². The van der Waals surface area contributed by atoms with Gasteiger partial charge < -0.3 is 0 Å². The fourth-order valence-electron chi connectivity index (χ4n) is 2.00. The number of ketones is 1. The normalized spacial score (nSPS) is 11.7. The second-order valence-corrected chi connectivity index (χ2v) is 4.51. The highest BCUT2D eigenvalue weighted by Crippen LogP contribution is 2.32. The highest BCUT2D eigenvalue weighted by Gasteiger charge is 2.35. The number of aryl methyl sites for hydroxylation is 2. The molecule has 2 aromatic rings. The van der Waals surface area contributed by atoms with Crippen LogP contribution in [0.15, 0.2) is 24.3 Å². The standard InChI is InChI=1S/C14H12F4N2O/c1-3-20-12(6-8(2)19-20)13(21)9-4-5-11(15)10(7-9)14(16,17)18/h4-7H,3H2,1-2H3. The Morgan fingerprint density at radius 2 is 1.95 bits per heavy atom. The van der Waals surface area contributed by atoms with Crippen LogP contribution in [0.3, 0.4) is 0 Å². The Kier molecular flexibility index (Phi) is 3.85. The molecule has 0 aliphatic rings. The third-order valence-corrected chi connectivity index (χ3v) is 2.97. The Morgan fingerprint density at radius 1 is 1.29 bits per heavy atom. The minimum Gasteiger partial charge on any atom is -0.287 e. The fourth-order valence-corrected chi connectivity index (χ4v) is 2.00. The fraction of sp³-hybridized carbons (Fsp3) is 0.286. The van der Waals surface area contributed by atoms with Crippen LogP contribution in [-0.2, 0) is 12.7 Å². The Balaban J connectivity index is 2.49. The number of carbonyl (C=O) groups excluding carboxylic acids is 1. The van der Waals surface area contributed by atoms with Gasteiger partial charge in [-0.15, -0.1) is 0 Å². The van der Waals surface area contributed by atoms with Crippen LogP contribution >= 0.6 is 0 Å². The van der Waals surface area contributed by atoms with E-state index in [2.05, 4.69) is 5.10 Å². The van der Waals surface area contributed by atoms with Gasteiger partial charge in [0.05, 0.1) is 11.3 Å². The van der Waals surface area contributed by atoms with E-state index in [1.54, 1.807) is 13.8 Å². The van der Waals surface area contributed by atoms with Gasteiger partial charge in [-0.1, -0.05) is 0 Å². The zero-order chi connectivity index (χ0) is 15.8. The summed E-state index contributed by atoms with van der Waals surface area (Å²) in [6.45, 7) is 3.84. The molecule has 0 saturated carbocycles. The van der Waals surface area contributed by atoms with Gasteiger partial charge in [-0.3, -0.25) is 9.48 Å². The summed E-state index contributed by atoms with van der Waals surface area (Å²) < 4.78 is 52.7. The Bertz CT molecular complexity index is 689. The molecule has 1 aromatic heterocycles. The lowest BCUT2D eigenvalue weighted by atomic mass is 10.0. The molecule has 2 rings (SSSR count). The first-order valence-electron chi connectivity index (χ1n) is 6.20. The number of hydrogen-bond acceptors (Lipinski definition) is 2. The van der Waals surface area contributed by atoms with Gasteiger partial charge in [0.15, 0.2) is 0 Å². The van der Waals surface area contributed by atoms with E-state index < -0.39 is 23.3 Å². The molecule has 7 heteroatoms. The number of hydrogen-bond donors (Lipinski definition) is 0. The highest BCUT2D eigenvalue weighted by molar-refractivity contribution is 6.08. The minimum atomic E-state index is -4.85. The van der Waals surface area contributed by atoms with Crippen molar-refractivity contribution in [3.8, 4) is 0 Å². The molecule has 0 saturated heterocycles. The molecule has 0 amide bonds. The molecule has 112 valence electrons. The number of rotatable bonds is 3. The lowest BCUT2D eigenvalue weighted by molar-refractivity contribution is -0.140. The van der Waals surface area contributed by atoms with E-state index in [1.807, 2.05) is 0 Å². The van der Waals surface area contributed by atoms with E-state index in [0.717, 1.165) is 6.07 Å². The second-order valence-electron chi connectivity index (χ2n) is 4.51. The minimum absolute atomic E-state index is 0.176. The Hall–Kier alpha value is -2.18. The first-order valence-corrected chi connectivity index (χ1v) is 6.20. The molecule has 0 radical (unpaired) electrons. The largest absolute Gasteiger partial charge is 0.419 e. The van der Waals surface area contributed by atoms with Gasteiger partial charge in [0.2, 0.25) is 5.78 Å². The first-order chi connectivity index (χ1) is 9.74. The zero-order valence-corrected chi connectivity index (χ0v) is 11.3. The van der Waals surface area contributed by atoms with Crippen LogP contribution in [-0.4, -0.2) is 15.6 Å². The smallest absolute Gasteiger partial charge is 0.287 e. The van der Waals surface area contributed by atoms with E-state index >= 15 is 0 Å². The van der Waals surface area contributed by atoms with E-state index in [4.69, 9.17) is 0 Å². The number of aromatic nitrogens is 2. The van der Waals surface area contributed by atoms with E-state index in [9.17, 15) is 22.4 Å². The summed E-state index contributed by atoms with van der Waals surface area (Å²) in [5.74, 6) is -2.03. The maximum atomic E-state index is 13.2. The molecular formula is C14H12F4N2O. The van der Waals surface area contributed by atoms with Crippen LogP contribution < -0.4 is 0 Å². The lowest BCUT2D eigenvalue weighted by Gasteiger charge is -2.10. The zero-order valence-electron chi connectivity index (χ0n) is 11.3. The number of nitrogens with zero attached hydrogens (tertiary/aromatic N) is 2. The van der Waals surface area contributed by atoms with Gasteiger partial charge in [-0.2, -0.15) is 18.3 Å². The van der Waals surface area contributed by atoms with Gasteiger partial charge in [0.1, 0.15) is 11.5 Å². The van der Waals surface area contributed by atoms with Crippen LogP contribution in [0.5, 0.6) is 0 Å². The molecule has 0 atom stereocenters. The van der Waals surface area contributed by atoms with Crippen molar-refractivity contribution < 1.29 is 22.4 Å². The molecule has 0 unspecified atom stereocenters. The summed E-state index contributed by atoms with van der Waals surface area (Å²) in [4.78, 5) is 12.3. The van der Waals surface area contributed by atoms with E-state index in [1.165, 1.54) is 10.7 Å². The first kappa shape index (κ1) is 15.2. The number of benzene rings is 1. The van der Waals surface area contributed by atoms with Crippen molar-refractivity contribution in [3.63, 3.8) is 0 Å². The maximum Gasteiger partial charge on any atom is 0.419 e. The SMILES string of the molecule is CCn1nc(C)cc1C(=O)c1ccc(F)c(C(F)(F)F)c1. The Labute approximate surface area is 118 Å². The average molecular weight is 300 g/mol. The predicted molar refractivity (Wildman–Crippen MR) is 67.5 cm³/mol. The van der Waals surface area contributed by atoms with Crippen LogP contribution in [0.1, 0.15) is 34.2 Å². The van der Waals surface area contributed by atoms with Crippen molar-refractivity contribution in [1.82, 2.24) is 9.78 Å². The number of halogens is 4. The Morgan fingerprint density at radius 3 is 2.52 bits per heavy atom. The maximum absolute atomic E-state index is 13.2. The van der Waals surface area contributed by atoms with Crippen LogP contribution in [0.4, 0.5) is 17.6 Å². The monoisotopic (exact) mass is 300 g/mol. The summed E-state index contributed by atoms with van der Waals surface area (Å²) in [5, 5.41) is 4.06. The quantitative estimate of drug-likeness (QED) is 0.641. The molecule has 0 aliphatic carbocycles. The average Bonchev–Trinajstić information content (AvgIpc) is 2.78. The van der Waals surface area contributed by atoms with Crippen LogP contribution in [0.25, 0.3) is 0 Å². The molecule has 0 bridgehead atoms. The summed E-state index contributed by atoms with van der Waals surface area (Å²) in [7, 11) is 0.